The Morgan fingerprint density at radius 1 is 1.00 bits per heavy atom. The van der Waals surface area contributed by atoms with E-state index in [4.69, 9.17) is 9.47 Å². The predicted octanol–water partition coefficient (Wildman–Crippen LogP) is 3.11. The van der Waals surface area contributed by atoms with Gasteiger partial charge in [0.1, 0.15) is 23.7 Å². The van der Waals surface area contributed by atoms with Crippen LogP contribution in [0.4, 0.5) is 0 Å². The van der Waals surface area contributed by atoms with Crippen molar-refractivity contribution in [1.82, 2.24) is 4.90 Å². The molecule has 0 aliphatic rings. The molecule has 0 spiro atoms. The fraction of sp³-hybridized carbons (Fsp3) is 0.300. The number of benzene rings is 2. The van der Waals surface area contributed by atoms with Gasteiger partial charge in [0.05, 0.1) is 5.56 Å². The average molecular weight is 357 g/mol. The second kappa shape index (κ2) is 9.58. The van der Waals surface area contributed by atoms with E-state index in [9.17, 15) is 14.7 Å². The molecule has 0 aromatic heterocycles. The maximum Gasteiger partial charge on any atom is 0.343 e. The number of likely N-dealkylation sites (N-methyl/N-ethyl adjacent to an activating group) is 1. The van der Waals surface area contributed by atoms with E-state index in [1.54, 1.807) is 30.3 Å². The zero-order chi connectivity index (χ0) is 18.9. The van der Waals surface area contributed by atoms with E-state index < -0.39 is 11.9 Å². The van der Waals surface area contributed by atoms with Crippen LogP contribution in [0.25, 0.3) is 0 Å². The van der Waals surface area contributed by atoms with Gasteiger partial charge in [-0.15, -0.1) is 0 Å². The normalized spacial score (nSPS) is 10.6. The van der Waals surface area contributed by atoms with Gasteiger partial charge in [0, 0.05) is 6.54 Å². The molecule has 0 saturated carbocycles. The zero-order valence-electron chi connectivity index (χ0n) is 15.0. The summed E-state index contributed by atoms with van der Waals surface area (Å²) >= 11 is 0. The van der Waals surface area contributed by atoms with Crippen LogP contribution in [0.15, 0.2) is 48.5 Å². The minimum atomic E-state index is -0.660. The molecule has 0 saturated heterocycles. The van der Waals surface area contributed by atoms with Gasteiger partial charge in [-0.2, -0.15) is 0 Å². The van der Waals surface area contributed by atoms with Crippen LogP contribution >= 0.6 is 0 Å². The lowest BCUT2D eigenvalue weighted by Gasteiger charge is -2.17. The van der Waals surface area contributed by atoms with Crippen molar-refractivity contribution in [2.75, 3.05) is 26.2 Å². The van der Waals surface area contributed by atoms with E-state index in [1.807, 2.05) is 13.8 Å². The lowest BCUT2D eigenvalue weighted by atomic mass is 10.2. The van der Waals surface area contributed by atoms with Crippen LogP contribution in [0.1, 0.15) is 34.6 Å². The number of esters is 2. The molecule has 0 aliphatic heterocycles. The number of aromatic hydroxyl groups is 1. The van der Waals surface area contributed by atoms with Gasteiger partial charge in [0.2, 0.25) is 0 Å². The highest BCUT2D eigenvalue weighted by Crippen LogP contribution is 2.24. The Kier molecular flexibility index (Phi) is 7.17. The first kappa shape index (κ1) is 19.5. The molecule has 0 fully saturated rings. The van der Waals surface area contributed by atoms with E-state index in [2.05, 4.69) is 4.90 Å². The second-order valence-electron chi connectivity index (χ2n) is 5.60. The summed E-state index contributed by atoms with van der Waals surface area (Å²) in [7, 11) is 0. The Hall–Kier alpha value is -2.86. The van der Waals surface area contributed by atoms with Gasteiger partial charge in [-0.05, 0) is 43.4 Å². The van der Waals surface area contributed by atoms with E-state index in [0.29, 0.717) is 12.1 Å². The summed E-state index contributed by atoms with van der Waals surface area (Å²) in [5, 5.41) is 9.91. The summed E-state index contributed by atoms with van der Waals surface area (Å²) in [6.07, 6.45) is 0. The Balaban J connectivity index is 2.02. The molecule has 6 nitrogen and oxygen atoms in total. The number of phenols is 1. The Bertz CT molecular complexity index is 741. The quantitative estimate of drug-likeness (QED) is 0.578. The highest BCUT2D eigenvalue weighted by molar-refractivity contribution is 5.94. The number of phenolic OH excluding ortho intramolecular Hbond substituents is 1. The fourth-order valence-corrected chi connectivity index (χ4v) is 2.37. The number of ether oxygens (including phenoxy) is 2. The average Bonchev–Trinajstić information content (AvgIpc) is 2.67. The van der Waals surface area contributed by atoms with Crippen molar-refractivity contribution in [3.8, 4) is 11.5 Å². The highest BCUT2D eigenvalue weighted by Gasteiger charge is 2.16. The van der Waals surface area contributed by atoms with E-state index in [-0.39, 0.29) is 23.7 Å². The maximum atomic E-state index is 12.2. The molecule has 26 heavy (non-hydrogen) atoms. The monoisotopic (exact) mass is 357 g/mol. The smallest absolute Gasteiger partial charge is 0.343 e. The third-order valence-electron chi connectivity index (χ3n) is 3.94. The third kappa shape index (κ3) is 5.32. The first-order valence-corrected chi connectivity index (χ1v) is 8.54. The Morgan fingerprint density at radius 2 is 1.69 bits per heavy atom. The molecule has 2 aromatic rings. The van der Waals surface area contributed by atoms with E-state index in [0.717, 1.165) is 13.1 Å². The van der Waals surface area contributed by atoms with Crippen LogP contribution in [0.2, 0.25) is 0 Å². The van der Waals surface area contributed by atoms with Crippen molar-refractivity contribution < 1.29 is 24.2 Å². The fourth-order valence-electron chi connectivity index (χ4n) is 2.37. The van der Waals surface area contributed by atoms with Crippen molar-refractivity contribution in [1.29, 1.82) is 0 Å². The van der Waals surface area contributed by atoms with Gasteiger partial charge < -0.3 is 19.5 Å². The minimum Gasteiger partial charge on any atom is -0.507 e. The lowest BCUT2D eigenvalue weighted by molar-refractivity contribution is 0.0461. The number of carbonyl (C=O) groups is 2. The van der Waals surface area contributed by atoms with E-state index >= 15 is 0 Å². The van der Waals surface area contributed by atoms with Gasteiger partial charge >= 0.3 is 11.9 Å². The number of rotatable bonds is 8. The van der Waals surface area contributed by atoms with Gasteiger partial charge in [0.25, 0.3) is 0 Å². The van der Waals surface area contributed by atoms with Gasteiger partial charge in [-0.1, -0.05) is 32.0 Å². The molecule has 6 heteroatoms. The molecule has 0 radical (unpaired) electrons. The molecule has 0 amide bonds. The summed E-state index contributed by atoms with van der Waals surface area (Å²) in [5.74, 6) is -1.27. The van der Waals surface area contributed by atoms with Crippen LogP contribution in [0.5, 0.6) is 11.5 Å². The van der Waals surface area contributed by atoms with Crippen LogP contribution < -0.4 is 4.74 Å². The molecule has 1 N–H and O–H groups in total. The van der Waals surface area contributed by atoms with Gasteiger partial charge in [0.15, 0.2) is 0 Å². The molecule has 0 unspecified atom stereocenters. The molecular weight excluding hydrogens is 334 g/mol. The van der Waals surface area contributed by atoms with Crippen molar-refractivity contribution in [3.63, 3.8) is 0 Å². The predicted molar refractivity (Wildman–Crippen MR) is 97.6 cm³/mol. The van der Waals surface area contributed by atoms with Crippen LogP contribution in [-0.4, -0.2) is 48.2 Å². The number of carbonyl (C=O) groups excluding carboxylic acids is 2. The topological polar surface area (TPSA) is 76.1 Å². The lowest BCUT2D eigenvalue weighted by Crippen LogP contribution is -2.27. The van der Waals surface area contributed by atoms with Crippen molar-refractivity contribution in [2.24, 2.45) is 0 Å². The van der Waals surface area contributed by atoms with Gasteiger partial charge in [-0.25, -0.2) is 9.59 Å². The second-order valence-corrected chi connectivity index (χ2v) is 5.60. The van der Waals surface area contributed by atoms with Gasteiger partial charge in [-0.3, -0.25) is 0 Å². The van der Waals surface area contributed by atoms with Crippen LogP contribution in [0.3, 0.4) is 0 Å². The highest BCUT2D eigenvalue weighted by atomic mass is 16.5. The third-order valence-corrected chi connectivity index (χ3v) is 3.94. The Labute approximate surface area is 153 Å². The molecule has 0 heterocycles. The first-order valence-electron chi connectivity index (χ1n) is 8.54. The molecular formula is C20H23NO5. The van der Waals surface area contributed by atoms with Crippen LogP contribution in [-0.2, 0) is 4.74 Å². The van der Waals surface area contributed by atoms with Crippen molar-refractivity contribution in [3.05, 3.63) is 59.7 Å². The first-order chi connectivity index (χ1) is 12.5. The summed E-state index contributed by atoms with van der Waals surface area (Å²) in [5.41, 5.74) is 0.354. The molecule has 0 bridgehead atoms. The summed E-state index contributed by atoms with van der Waals surface area (Å²) < 4.78 is 10.5. The minimum absolute atomic E-state index is 0.0390. The summed E-state index contributed by atoms with van der Waals surface area (Å²) in [6, 6.07) is 12.5. The van der Waals surface area contributed by atoms with E-state index in [1.165, 1.54) is 18.2 Å². The number of nitrogens with zero attached hydrogens (tertiary/aromatic N) is 1. The molecule has 0 atom stereocenters. The zero-order valence-corrected chi connectivity index (χ0v) is 15.0. The summed E-state index contributed by atoms with van der Waals surface area (Å²) in [4.78, 5) is 26.4. The largest absolute Gasteiger partial charge is 0.507 e. The maximum absolute atomic E-state index is 12.2. The summed E-state index contributed by atoms with van der Waals surface area (Å²) in [6.45, 7) is 6.62. The molecule has 138 valence electrons. The molecule has 2 rings (SSSR count). The number of hydrogen-bond acceptors (Lipinski definition) is 6. The van der Waals surface area contributed by atoms with Crippen LogP contribution in [0, 0.1) is 0 Å². The number of hydrogen-bond donors (Lipinski definition) is 1. The SMILES string of the molecule is CCN(CC)CCOC(=O)c1cc(OC(=O)c2ccccc2)ccc1O. The van der Waals surface area contributed by atoms with Crippen molar-refractivity contribution >= 4 is 11.9 Å². The standard InChI is InChI=1S/C20H23NO5/c1-3-21(4-2)12-13-25-20(24)17-14-16(10-11-18(17)22)26-19(23)15-8-6-5-7-9-15/h5-11,14,22H,3-4,12-13H2,1-2H3. The molecule has 0 aliphatic carbocycles. The van der Waals surface area contributed by atoms with Crippen molar-refractivity contribution in [2.45, 2.75) is 13.8 Å². The Morgan fingerprint density at radius 3 is 2.35 bits per heavy atom. The molecule has 2 aromatic carbocycles.